The van der Waals surface area contributed by atoms with Gasteiger partial charge >= 0.3 is 0 Å². The number of amides is 1. The second kappa shape index (κ2) is 6.71. The molecule has 2 N–H and O–H groups in total. The number of furan rings is 1. The Kier molecular flexibility index (Phi) is 4.92. The fraction of sp³-hybridized carbons (Fsp3) is 0.412. The molecule has 2 aromatic rings. The normalized spacial score (nSPS) is 11.0. The largest absolute Gasteiger partial charge is 0.443 e. The summed E-state index contributed by atoms with van der Waals surface area (Å²) in [6.07, 6.45) is 1.76. The molecule has 0 aromatic carbocycles. The lowest BCUT2D eigenvalue weighted by Crippen LogP contribution is -2.27. The van der Waals surface area contributed by atoms with Crippen LogP contribution in [0.2, 0.25) is 0 Å². The van der Waals surface area contributed by atoms with Gasteiger partial charge in [0.05, 0.1) is 12.0 Å². The number of hydrogen-bond donors (Lipinski definition) is 2. The van der Waals surface area contributed by atoms with Gasteiger partial charge in [0.15, 0.2) is 11.5 Å². The predicted octanol–water partition coefficient (Wildman–Crippen LogP) is 1.65. The minimum absolute atomic E-state index is 0.198. The van der Waals surface area contributed by atoms with Crippen LogP contribution in [0.3, 0.4) is 0 Å². The van der Waals surface area contributed by atoms with Crippen molar-refractivity contribution in [2.24, 2.45) is 0 Å². The Bertz CT molecular complexity index is 754. The third-order valence-corrected chi connectivity index (χ3v) is 3.30. The molecule has 0 aliphatic rings. The van der Waals surface area contributed by atoms with Gasteiger partial charge in [-0.05, 0) is 45.7 Å². The summed E-state index contributed by atoms with van der Waals surface area (Å²) in [7, 11) is 0. The minimum atomic E-state index is -1.10. The van der Waals surface area contributed by atoms with E-state index in [1.54, 1.807) is 32.3 Å². The molecule has 6 heteroatoms. The van der Waals surface area contributed by atoms with Crippen LogP contribution < -0.4 is 5.32 Å². The topological polar surface area (TPSA) is 80.3 Å². The van der Waals surface area contributed by atoms with Crippen molar-refractivity contribution in [2.75, 3.05) is 6.54 Å². The lowest BCUT2D eigenvalue weighted by molar-refractivity contribution is 0.0924. The third-order valence-electron chi connectivity index (χ3n) is 3.30. The Morgan fingerprint density at radius 2 is 2.17 bits per heavy atom. The third kappa shape index (κ3) is 4.73. The van der Waals surface area contributed by atoms with Crippen molar-refractivity contribution in [1.82, 2.24) is 14.9 Å². The van der Waals surface area contributed by atoms with Crippen LogP contribution in [0.5, 0.6) is 0 Å². The van der Waals surface area contributed by atoms with Crippen molar-refractivity contribution in [2.45, 2.75) is 39.8 Å². The van der Waals surface area contributed by atoms with Gasteiger partial charge in [0, 0.05) is 18.8 Å². The van der Waals surface area contributed by atoms with Gasteiger partial charge in [-0.2, -0.15) is 0 Å². The van der Waals surface area contributed by atoms with Gasteiger partial charge in [0.1, 0.15) is 5.60 Å². The Labute approximate surface area is 135 Å². The monoisotopic (exact) mass is 315 g/mol. The Hall–Kier alpha value is -2.52. The van der Waals surface area contributed by atoms with Crippen molar-refractivity contribution in [3.8, 4) is 11.8 Å². The molecule has 6 nitrogen and oxygen atoms in total. The van der Waals surface area contributed by atoms with Gasteiger partial charge in [-0.1, -0.05) is 5.92 Å². The Morgan fingerprint density at radius 3 is 2.78 bits per heavy atom. The van der Waals surface area contributed by atoms with E-state index in [0.717, 1.165) is 11.4 Å². The predicted molar refractivity (Wildman–Crippen MR) is 85.9 cm³/mol. The van der Waals surface area contributed by atoms with Crippen LogP contribution in [0.15, 0.2) is 22.9 Å². The SMILES string of the molecule is Cc1ncn(CCNC(=O)c2ccc(C#CC(C)(C)O)o2)c1C. The van der Waals surface area contributed by atoms with Crippen molar-refractivity contribution in [3.63, 3.8) is 0 Å². The summed E-state index contributed by atoms with van der Waals surface area (Å²) in [5.41, 5.74) is 0.967. The van der Waals surface area contributed by atoms with Crippen molar-refractivity contribution < 1.29 is 14.3 Å². The first-order valence-electron chi connectivity index (χ1n) is 7.38. The molecule has 0 aliphatic heterocycles. The number of hydrogen-bond acceptors (Lipinski definition) is 4. The maximum Gasteiger partial charge on any atom is 0.287 e. The Balaban J connectivity index is 1.90. The highest BCUT2D eigenvalue weighted by molar-refractivity contribution is 5.91. The highest BCUT2D eigenvalue weighted by Gasteiger charge is 2.11. The van der Waals surface area contributed by atoms with Gasteiger partial charge in [-0.15, -0.1) is 0 Å². The molecule has 0 bridgehead atoms. The number of carbonyl (C=O) groups is 1. The van der Waals surface area contributed by atoms with E-state index in [1.165, 1.54) is 0 Å². The molecule has 0 saturated carbocycles. The molecular formula is C17H21N3O3. The molecular weight excluding hydrogens is 294 g/mol. The number of carbonyl (C=O) groups excluding carboxylic acids is 1. The first-order chi connectivity index (χ1) is 10.8. The molecule has 0 aliphatic carbocycles. The molecule has 0 saturated heterocycles. The van der Waals surface area contributed by atoms with E-state index < -0.39 is 5.60 Å². The number of rotatable bonds is 4. The molecule has 0 unspecified atom stereocenters. The number of nitrogens with one attached hydrogen (secondary N) is 1. The standard InChI is InChI=1S/C17H21N3O3/c1-12-13(2)20(11-19-12)10-9-18-16(21)15-6-5-14(23-15)7-8-17(3,4)22/h5-6,11,22H,9-10H2,1-4H3,(H,18,21). The Morgan fingerprint density at radius 1 is 1.43 bits per heavy atom. The molecule has 2 rings (SSSR count). The zero-order chi connectivity index (χ0) is 17.0. The highest BCUT2D eigenvalue weighted by atomic mass is 16.3. The van der Waals surface area contributed by atoms with Gasteiger partial charge < -0.3 is 19.4 Å². The maximum absolute atomic E-state index is 12.0. The molecule has 23 heavy (non-hydrogen) atoms. The van der Waals surface area contributed by atoms with Crippen LogP contribution in [-0.4, -0.2) is 32.7 Å². The van der Waals surface area contributed by atoms with Gasteiger partial charge in [0.2, 0.25) is 0 Å². The zero-order valence-corrected chi connectivity index (χ0v) is 13.8. The van der Waals surface area contributed by atoms with Crippen LogP contribution in [0, 0.1) is 25.7 Å². The first-order valence-corrected chi connectivity index (χ1v) is 7.38. The molecule has 0 spiro atoms. The van der Waals surface area contributed by atoms with E-state index in [1.807, 2.05) is 18.4 Å². The van der Waals surface area contributed by atoms with Gasteiger partial charge in [-0.25, -0.2) is 4.98 Å². The number of aromatic nitrogens is 2. The minimum Gasteiger partial charge on any atom is -0.443 e. The number of imidazole rings is 1. The van der Waals surface area contributed by atoms with Crippen LogP contribution >= 0.6 is 0 Å². The maximum atomic E-state index is 12.0. The molecule has 122 valence electrons. The second-order valence-corrected chi connectivity index (χ2v) is 5.84. The summed E-state index contributed by atoms with van der Waals surface area (Å²) < 4.78 is 7.34. The molecule has 2 heterocycles. The van der Waals surface area contributed by atoms with Crippen molar-refractivity contribution >= 4 is 5.91 Å². The summed E-state index contributed by atoms with van der Waals surface area (Å²) in [6.45, 7) is 8.21. The number of nitrogens with zero attached hydrogens (tertiary/aromatic N) is 2. The average molecular weight is 315 g/mol. The smallest absolute Gasteiger partial charge is 0.287 e. The van der Waals surface area contributed by atoms with E-state index in [4.69, 9.17) is 4.42 Å². The summed E-state index contributed by atoms with van der Waals surface area (Å²) >= 11 is 0. The van der Waals surface area contributed by atoms with Crippen LogP contribution in [0.1, 0.15) is 41.6 Å². The fourth-order valence-corrected chi connectivity index (χ4v) is 1.89. The molecule has 0 fully saturated rings. The van der Waals surface area contributed by atoms with Crippen LogP contribution in [0.4, 0.5) is 0 Å². The van der Waals surface area contributed by atoms with Crippen molar-refractivity contribution in [1.29, 1.82) is 0 Å². The summed E-state index contributed by atoms with van der Waals surface area (Å²) in [6, 6.07) is 3.17. The average Bonchev–Trinajstić information content (AvgIpc) is 3.06. The first kappa shape index (κ1) is 16.8. The lowest BCUT2D eigenvalue weighted by Gasteiger charge is -2.06. The summed E-state index contributed by atoms with van der Waals surface area (Å²) in [5.74, 6) is 5.57. The van der Waals surface area contributed by atoms with E-state index >= 15 is 0 Å². The number of aryl methyl sites for hydroxylation is 1. The quantitative estimate of drug-likeness (QED) is 0.841. The van der Waals surface area contributed by atoms with E-state index in [0.29, 0.717) is 18.8 Å². The summed E-state index contributed by atoms with van der Waals surface area (Å²) in [4.78, 5) is 16.2. The fourth-order valence-electron chi connectivity index (χ4n) is 1.89. The van der Waals surface area contributed by atoms with Gasteiger partial charge in [-0.3, -0.25) is 4.79 Å². The molecule has 2 aromatic heterocycles. The molecule has 1 amide bonds. The molecule has 0 atom stereocenters. The van der Waals surface area contributed by atoms with E-state index in [-0.39, 0.29) is 11.7 Å². The second-order valence-electron chi connectivity index (χ2n) is 5.84. The zero-order valence-electron chi connectivity index (χ0n) is 13.8. The lowest BCUT2D eigenvalue weighted by atomic mass is 10.1. The van der Waals surface area contributed by atoms with E-state index in [2.05, 4.69) is 22.1 Å². The van der Waals surface area contributed by atoms with Crippen LogP contribution in [0.25, 0.3) is 0 Å². The van der Waals surface area contributed by atoms with Crippen molar-refractivity contribution in [3.05, 3.63) is 41.4 Å². The van der Waals surface area contributed by atoms with E-state index in [9.17, 15) is 9.90 Å². The van der Waals surface area contributed by atoms with Crippen LogP contribution in [-0.2, 0) is 6.54 Å². The number of aliphatic hydroxyl groups is 1. The highest BCUT2D eigenvalue weighted by Crippen LogP contribution is 2.08. The van der Waals surface area contributed by atoms with Gasteiger partial charge in [0.25, 0.3) is 5.91 Å². The summed E-state index contributed by atoms with van der Waals surface area (Å²) in [5, 5.41) is 12.3. The molecule has 0 radical (unpaired) electrons.